The van der Waals surface area contributed by atoms with E-state index < -0.39 is 0 Å². The molecule has 1 aliphatic heterocycles. The molecular formula is C15H30N2O2. The maximum atomic E-state index is 11.6. The van der Waals surface area contributed by atoms with Gasteiger partial charge in [0, 0.05) is 25.6 Å². The number of carbonyl (C=O) groups excluding carboxylic acids is 1. The van der Waals surface area contributed by atoms with Crippen molar-refractivity contribution in [3.05, 3.63) is 0 Å². The molecule has 1 saturated heterocycles. The molecule has 112 valence electrons. The van der Waals surface area contributed by atoms with Gasteiger partial charge in [0.05, 0.1) is 11.2 Å². The van der Waals surface area contributed by atoms with E-state index in [0.717, 1.165) is 13.0 Å². The molecule has 4 nitrogen and oxygen atoms in total. The Morgan fingerprint density at radius 3 is 2.42 bits per heavy atom. The Bertz CT molecular complexity index is 311. The Morgan fingerprint density at radius 2 is 1.95 bits per heavy atom. The van der Waals surface area contributed by atoms with Crippen LogP contribution >= 0.6 is 0 Å². The summed E-state index contributed by atoms with van der Waals surface area (Å²) < 4.78 is 6.02. The highest BCUT2D eigenvalue weighted by atomic mass is 16.5. The zero-order valence-electron chi connectivity index (χ0n) is 13.3. The normalized spacial score (nSPS) is 24.7. The highest BCUT2D eigenvalue weighted by Crippen LogP contribution is 2.37. The van der Waals surface area contributed by atoms with E-state index in [0.29, 0.717) is 24.9 Å². The Labute approximate surface area is 117 Å². The maximum Gasteiger partial charge on any atom is 0.221 e. The van der Waals surface area contributed by atoms with E-state index in [2.05, 4.69) is 52.2 Å². The molecule has 2 N–H and O–H groups in total. The van der Waals surface area contributed by atoms with Gasteiger partial charge in [-0.15, -0.1) is 0 Å². The highest BCUT2D eigenvalue weighted by Gasteiger charge is 2.45. The standard InChI is InChI=1S/C15H30N2O2/c1-11(2)10-17-13(18)7-8-16-12-9-14(3,4)19-15(12,5)6/h11-12,16H,7-10H2,1-6H3,(H,17,18). The molecule has 1 rings (SSSR count). The summed E-state index contributed by atoms with van der Waals surface area (Å²) >= 11 is 0. The third kappa shape index (κ3) is 5.49. The van der Waals surface area contributed by atoms with Crippen molar-refractivity contribution in [1.82, 2.24) is 10.6 Å². The summed E-state index contributed by atoms with van der Waals surface area (Å²) in [5.41, 5.74) is -0.251. The molecule has 0 aromatic carbocycles. The van der Waals surface area contributed by atoms with E-state index >= 15 is 0 Å². The molecule has 1 unspecified atom stereocenters. The van der Waals surface area contributed by atoms with Crippen molar-refractivity contribution < 1.29 is 9.53 Å². The molecule has 19 heavy (non-hydrogen) atoms. The molecule has 0 spiro atoms. The first-order valence-electron chi connectivity index (χ1n) is 7.33. The second-order valence-electron chi connectivity index (χ2n) is 7.12. The lowest BCUT2D eigenvalue weighted by Crippen LogP contribution is -2.44. The van der Waals surface area contributed by atoms with E-state index in [-0.39, 0.29) is 17.1 Å². The smallest absolute Gasteiger partial charge is 0.221 e. The minimum atomic E-state index is -0.169. The number of nitrogens with one attached hydrogen (secondary N) is 2. The predicted octanol–water partition coefficient (Wildman–Crippen LogP) is 2.08. The molecule has 0 aliphatic carbocycles. The lowest BCUT2D eigenvalue weighted by atomic mass is 9.94. The Kier molecular flexibility index (Phi) is 5.39. The van der Waals surface area contributed by atoms with Crippen molar-refractivity contribution in [2.75, 3.05) is 13.1 Å². The molecule has 1 amide bonds. The number of carbonyl (C=O) groups is 1. The van der Waals surface area contributed by atoms with Crippen molar-refractivity contribution >= 4 is 5.91 Å². The first-order valence-corrected chi connectivity index (χ1v) is 7.33. The van der Waals surface area contributed by atoms with Crippen molar-refractivity contribution in [3.63, 3.8) is 0 Å². The maximum absolute atomic E-state index is 11.6. The number of ether oxygens (including phenoxy) is 1. The van der Waals surface area contributed by atoms with Gasteiger partial charge in [-0.1, -0.05) is 13.8 Å². The van der Waals surface area contributed by atoms with E-state index in [1.165, 1.54) is 0 Å². The predicted molar refractivity (Wildman–Crippen MR) is 78.1 cm³/mol. The molecule has 0 aromatic heterocycles. The van der Waals surface area contributed by atoms with Crippen LogP contribution in [0, 0.1) is 5.92 Å². The first-order chi connectivity index (χ1) is 8.62. The van der Waals surface area contributed by atoms with Gasteiger partial charge in [0.2, 0.25) is 5.91 Å². The van der Waals surface area contributed by atoms with E-state index in [1.807, 2.05) is 0 Å². The summed E-state index contributed by atoms with van der Waals surface area (Å²) in [6, 6.07) is 0.306. The Morgan fingerprint density at radius 1 is 1.32 bits per heavy atom. The van der Waals surface area contributed by atoms with Gasteiger partial charge in [-0.2, -0.15) is 0 Å². The number of rotatable bonds is 6. The second-order valence-corrected chi connectivity index (χ2v) is 7.12. The molecule has 0 saturated carbocycles. The van der Waals surface area contributed by atoms with Crippen LogP contribution in [0.15, 0.2) is 0 Å². The Hall–Kier alpha value is -0.610. The molecule has 1 atom stereocenters. The number of amides is 1. The fourth-order valence-corrected chi connectivity index (χ4v) is 2.65. The van der Waals surface area contributed by atoms with Crippen LogP contribution in [-0.2, 0) is 9.53 Å². The average molecular weight is 270 g/mol. The summed E-state index contributed by atoms with van der Waals surface area (Å²) in [6.07, 6.45) is 1.51. The highest BCUT2D eigenvalue weighted by molar-refractivity contribution is 5.76. The molecule has 4 heteroatoms. The van der Waals surface area contributed by atoms with Crippen molar-refractivity contribution in [1.29, 1.82) is 0 Å². The molecular weight excluding hydrogens is 240 g/mol. The summed E-state index contributed by atoms with van der Waals surface area (Å²) in [7, 11) is 0. The molecule has 0 bridgehead atoms. The molecule has 0 radical (unpaired) electrons. The van der Waals surface area contributed by atoms with E-state index in [9.17, 15) is 4.79 Å². The van der Waals surface area contributed by atoms with Gasteiger partial charge in [0.1, 0.15) is 0 Å². The van der Waals surface area contributed by atoms with Crippen molar-refractivity contribution in [2.45, 2.75) is 71.6 Å². The quantitative estimate of drug-likeness (QED) is 0.777. The zero-order valence-corrected chi connectivity index (χ0v) is 13.3. The van der Waals surface area contributed by atoms with E-state index in [4.69, 9.17) is 4.74 Å². The first kappa shape index (κ1) is 16.4. The van der Waals surface area contributed by atoms with Crippen LogP contribution in [0.3, 0.4) is 0 Å². The van der Waals surface area contributed by atoms with Crippen LogP contribution < -0.4 is 10.6 Å². The summed E-state index contributed by atoms with van der Waals surface area (Å²) in [5.74, 6) is 0.622. The minimum absolute atomic E-state index is 0.0823. The average Bonchev–Trinajstić information content (AvgIpc) is 2.43. The third-order valence-corrected chi connectivity index (χ3v) is 3.52. The monoisotopic (exact) mass is 270 g/mol. The van der Waals surface area contributed by atoms with Crippen molar-refractivity contribution in [2.24, 2.45) is 5.92 Å². The second kappa shape index (κ2) is 6.23. The molecule has 1 heterocycles. The summed E-state index contributed by atoms with van der Waals surface area (Å²) in [5, 5.41) is 6.39. The topological polar surface area (TPSA) is 50.4 Å². The SMILES string of the molecule is CC(C)CNC(=O)CCNC1CC(C)(C)OC1(C)C. The largest absolute Gasteiger partial charge is 0.368 e. The van der Waals surface area contributed by atoms with Gasteiger partial charge in [0.15, 0.2) is 0 Å². The molecule has 0 aromatic rings. The Balaban J connectivity index is 2.28. The van der Waals surface area contributed by atoms with Crippen LogP contribution in [0.5, 0.6) is 0 Å². The number of hydrogen-bond donors (Lipinski definition) is 2. The van der Waals surface area contributed by atoms with Crippen LogP contribution in [0.1, 0.15) is 54.4 Å². The van der Waals surface area contributed by atoms with Crippen LogP contribution in [0.2, 0.25) is 0 Å². The zero-order chi connectivity index (χ0) is 14.7. The number of hydrogen-bond acceptors (Lipinski definition) is 3. The van der Waals surface area contributed by atoms with Gasteiger partial charge < -0.3 is 15.4 Å². The fraction of sp³-hybridized carbons (Fsp3) is 0.933. The van der Waals surface area contributed by atoms with Gasteiger partial charge in [-0.3, -0.25) is 4.79 Å². The lowest BCUT2D eigenvalue weighted by Gasteiger charge is -2.27. The van der Waals surface area contributed by atoms with Gasteiger partial charge >= 0.3 is 0 Å². The van der Waals surface area contributed by atoms with Crippen LogP contribution in [0.25, 0.3) is 0 Å². The van der Waals surface area contributed by atoms with Crippen LogP contribution in [-0.4, -0.2) is 36.2 Å². The summed E-state index contributed by atoms with van der Waals surface area (Å²) in [6.45, 7) is 14.1. The fourth-order valence-electron chi connectivity index (χ4n) is 2.65. The van der Waals surface area contributed by atoms with Crippen LogP contribution in [0.4, 0.5) is 0 Å². The van der Waals surface area contributed by atoms with Crippen molar-refractivity contribution in [3.8, 4) is 0 Å². The summed E-state index contributed by atoms with van der Waals surface area (Å²) in [4.78, 5) is 11.6. The molecule has 1 fully saturated rings. The minimum Gasteiger partial charge on any atom is -0.368 e. The third-order valence-electron chi connectivity index (χ3n) is 3.52. The van der Waals surface area contributed by atoms with E-state index in [1.54, 1.807) is 0 Å². The van der Waals surface area contributed by atoms with Gasteiger partial charge in [0.25, 0.3) is 0 Å². The molecule has 1 aliphatic rings. The van der Waals surface area contributed by atoms with Gasteiger partial charge in [-0.25, -0.2) is 0 Å². The van der Waals surface area contributed by atoms with Gasteiger partial charge in [-0.05, 0) is 40.0 Å². The lowest BCUT2D eigenvalue weighted by molar-refractivity contribution is -0.121.